The molecule has 0 unspecified atom stereocenters. The molecule has 3 nitrogen and oxygen atoms in total. The smallest absolute Gasteiger partial charge is 0.195 e. The highest BCUT2D eigenvalue weighted by Crippen LogP contribution is 2.19. The highest BCUT2D eigenvalue weighted by molar-refractivity contribution is 6.12. The molecule has 0 aliphatic heterocycles. The van der Waals surface area contributed by atoms with Crippen molar-refractivity contribution in [3.63, 3.8) is 0 Å². The van der Waals surface area contributed by atoms with E-state index in [-0.39, 0.29) is 11.8 Å². The van der Waals surface area contributed by atoms with Crippen molar-refractivity contribution in [1.82, 2.24) is 0 Å². The van der Waals surface area contributed by atoms with Crippen LogP contribution in [-0.2, 0) is 4.79 Å². The van der Waals surface area contributed by atoms with Gasteiger partial charge in [-0.05, 0) is 19.1 Å². The third-order valence-corrected chi connectivity index (χ3v) is 2.79. The zero-order valence-electron chi connectivity index (χ0n) is 10.7. The van der Waals surface area contributed by atoms with Gasteiger partial charge in [0.15, 0.2) is 5.78 Å². The molecule has 3 heteroatoms. The van der Waals surface area contributed by atoms with Crippen LogP contribution >= 0.6 is 0 Å². The number of para-hydroxylation sites is 1. The van der Waals surface area contributed by atoms with Crippen LogP contribution in [0.15, 0.2) is 54.6 Å². The molecule has 0 spiro atoms. The fraction of sp³-hybridized carbons (Fsp3) is 0.125. The number of carbonyl (C=O) groups is 2. The second-order valence-electron chi connectivity index (χ2n) is 4.31. The third kappa shape index (κ3) is 3.07. The van der Waals surface area contributed by atoms with Gasteiger partial charge in [0.25, 0.3) is 0 Å². The number of carbonyl (C=O) groups excluding carboxylic acids is 2. The average molecular weight is 253 g/mol. The van der Waals surface area contributed by atoms with E-state index in [0.29, 0.717) is 16.8 Å². The van der Waals surface area contributed by atoms with Crippen LogP contribution in [0.25, 0.3) is 0 Å². The number of benzene rings is 2. The Morgan fingerprint density at radius 1 is 1.05 bits per heavy atom. The number of aldehydes is 1. The third-order valence-electron chi connectivity index (χ3n) is 2.79. The molecule has 1 atom stereocenters. The van der Waals surface area contributed by atoms with Gasteiger partial charge in [-0.25, -0.2) is 0 Å². The van der Waals surface area contributed by atoms with Crippen LogP contribution in [0, 0.1) is 0 Å². The summed E-state index contributed by atoms with van der Waals surface area (Å²) in [6.07, 6.45) is 0.809. The molecule has 0 bridgehead atoms. The maximum absolute atomic E-state index is 12.4. The van der Waals surface area contributed by atoms with Gasteiger partial charge in [0.05, 0.1) is 6.04 Å². The second kappa shape index (κ2) is 5.96. The summed E-state index contributed by atoms with van der Waals surface area (Å²) in [5.74, 6) is -0.0539. The monoisotopic (exact) mass is 253 g/mol. The number of hydrogen-bond acceptors (Lipinski definition) is 3. The summed E-state index contributed by atoms with van der Waals surface area (Å²) in [5, 5.41) is 3.02. The number of hydrogen-bond donors (Lipinski definition) is 1. The van der Waals surface area contributed by atoms with Crippen molar-refractivity contribution in [3.05, 3.63) is 65.7 Å². The molecular weight excluding hydrogens is 238 g/mol. The van der Waals surface area contributed by atoms with E-state index in [9.17, 15) is 9.59 Å². The van der Waals surface area contributed by atoms with Crippen molar-refractivity contribution in [2.75, 3.05) is 5.32 Å². The van der Waals surface area contributed by atoms with Crippen molar-refractivity contribution >= 4 is 17.8 Å². The van der Waals surface area contributed by atoms with Gasteiger partial charge in [-0.2, -0.15) is 0 Å². The molecule has 0 heterocycles. The first-order valence-electron chi connectivity index (χ1n) is 6.13. The molecule has 2 aromatic rings. The summed E-state index contributed by atoms with van der Waals surface area (Å²) in [7, 11) is 0. The largest absolute Gasteiger partial charge is 0.375 e. The van der Waals surface area contributed by atoms with Crippen LogP contribution in [0.2, 0.25) is 0 Å². The highest BCUT2D eigenvalue weighted by atomic mass is 16.1. The molecule has 1 N–H and O–H groups in total. The molecule has 0 fully saturated rings. The maximum Gasteiger partial charge on any atom is 0.195 e. The van der Waals surface area contributed by atoms with Gasteiger partial charge < -0.3 is 10.1 Å². The molecule has 0 aliphatic carbocycles. The van der Waals surface area contributed by atoms with Gasteiger partial charge in [-0.1, -0.05) is 42.5 Å². The zero-order valence-corrected chi connectivity index (χ0v) is 10.7. The predicted molar refractivity (Wildman–Crippen MR) is 75.5 cm³/mol. The summed E-state index contributed by atoms with van der Waals surface area (Å²) in [6.45, 7) is 1.75. The molecule has 0 saturated heterocycles. The van der Waals surface area contributed by atoms with E-state index in [0.717, 1.165) is 6.29 Å². The lowest BCUT2D eigenvalue weighted by molar-refractivity contribution is -0.108. The molecule has 2 rings (SSSR count). The predicted octanol–water partition coefficient (Wildman–Crippen LogP) is 2.92. The van der Waals surface area contributed by atoms with Crippen molar-refractivity contribution in [2.45, 2.75) is 13.0 Å². The number of anilines is 1. The Kier molecular flexibility index (Phi) is 4.08. The zero-order chi connectivity index (χ0) is 13.7. The Hall–Kier alpha value is -2.42. The van der Waals surface area contributed by atoms with Gasteiger partial charge in [0.2, 0.25) is 0 Å². The Bertz CT molecular complexity index is 578. The Morgan fingerprint density at radius 3 is 2.37 bits per heavy atom. The van der Waals surface area contributed by atoms with E-state index >= 15 is 0 Å². The highest BCUT2D eigenvalue weighted by Gasteiger charge is 2.13. The van der Waals surface area contributed by atoms with E-state index in [4.69, 9.17) is 0 Å². The van der Waals surface area contributed by atoms with E-state index in [1.54, 1.807) is 31.2 Å². The Balaban J connectivity index is 2.34. The molecule has 2 aromatic carbocycles. The first-order valence-corrected chi connectivity index (χ1v) is 6.13. The lowest BCUT2D eigenvalue weighted by Gasteiger charge is -2.13. The Morgan fingerprint density at radius 2 is 1.68 bits per heavy atom. The normalized spacial score (nSPS) is 11.6. The van der Waals surface area contributed by atoms with E-state index in [1.807, 2.05) is 30.3 Å². The molecular formula is C16H15NO2. The summed E-state index contributed by atoms with van der Waals surface area (Å²) in [4.78, 5) is 23.1. The molecule has 0 aromatic heterocycles. The van der Waals surface area contributed by atoms with Crippen molar-refractivity contribution in [1.29, 1.82) is 0 Å². The average Bonchev–Trinajstić information content (AvgIpc) is 2.48. The van der Waals surface area contributed by atoms with Crippen LogP contribution in [-0.4, -0.2) is 18.1 Å². The van der Waals surface area contributed by atoms with Crippen LogP contribution < -0.4 is 5.32 Å². The van der Waals surface area contributed by atoms with Crippen LogP contribution in [0.3, 0.4) is 0 Å². The van der Waals surface area contributed by atoms with Gasteiger partial charge in [0, 0.05) is 16.8 Å². The minimum Gasteiger partial charge on any atom is -0.375 e. The number of ketones is 1. The van der Waals surface area contributed by atoms with Gasteiger partial charge in [0.1, 0.15) is 6.29 Å². The molecule has 96 valence electrons. The fourth-order valence-corrected chi connectivity index (χ4v) is 1.83. The van der Waals surface area contributed by atoms with Crippen LogP contribution in [0.4, 0.5) is 5.69 Å². The molecule has 0 aliphatic rings. The lowest BCUT2D eigenvalue weighted by Crippen LogP contribution is -2.18. The van der Waals surface area contributed by atoms with E-state index < -0.39 is 0 Å². The topological polar surface area (TPSA) is 46.2 Å². The van der Waals surface area contributed by atoms with Crippen molar-refractivity contribution in [3.8, 4) is 0 Å². The second-order valence-corrected chi connectivity index (χ2v) is 4.31. The first-order chi connectivity index (χ1) is 9.22. The van der Waals surface area contributed by atoms with Gasteiger partial charge in [-0.3, -0.25) is 4.79 Å². The minimum absolute atomic E-state index is 0.0539. The van der Waals surface area contributed by atoms with Crippen molar-refractivity contribution < 1.29 is 9.59 Å². The minimum atomic E-state index is -0.329. The summed E-state index contributed by atoms with van der Waals surface area (Å²) >= 11 is 0. The first kappa shape index (κ1) is 13.0. The van der Waals surface area contributed by atoms with Crippen LogP contribution in [0.5, 0.6) is 0 Å². The number of rotatable bonds is 5. The molecule has 19 heavy (non-hydrogen) atoms. The SMILES string of the molecule is C[C@@H](C=O)Nc1ccccc1C(=O)c1ccccc1. The fourth-order valence-electron chi connectivity index (χ4n) is 1.83. The Labute approximate surface area is 112 Å². The number of nitrogens with one attached hydrogen (secondary N) is 1. The van der Waals surface area contributed by atoms with E-state index in [2.05, 4.69) is 5.32 Å². The molecule has 0 radical (unpaired) electrons. The van der Waals surface area contributed by atoms with Crippen molar-refractivity contribution in [2.24, 2.45) is 0 Å². The molecule has 0 saturated carbocycles. The van der Waals surface area contributed by atoms with Crippen LogP contribution in [0.1, 0.15) is 22.8 Å². The summed E-state index contributed by atoms with van der Waals surface area (Å²) in [5.41, 5.74) is 1.88. The molecule has 0 amide bonds. The van der Waals surface area contributed by atoms with Gasteiger partial charge >= 0.3 is 0 Å². The maximum atomic E-state index is 12.4. The standard InChI is InChI=1S/C16H15NO2/c1-12(11-18)17-15-10-6-5-9-14(15)16(19)13-7-3-2-4-8-13/h2-12,17H,1H3/t12-/m0/s1. The van der Waals surface area contributed by atoms with E-state index in [1.165, 1.54) is 0 Å². The quantitative estimate of drug-likeness (QED) is 0.658. The summed E-state index contributed by atoms with van der Waals surface area (Å²) < 4.78 is 0. The summed E-state index contributed by atoms with van der Waals surface area (Å²) in [6, 6.07) is 16.0. The van der Waals surface area contributed by atoms with Gasteiger partial charge in [-0.15, -0.1) is 0 Å². The lowest BCUT2D eigenvalue weighted by atomic mass is 10.0.